The number of esters is 2. The molecule has 0 spiro atoms. The molecule has 28 heavy (non-hydrogen) atoms. The second-order valence-electron chi connectivity index (χ2n) is 6.17. The van der Waals surface area contributed by atoms with E-state index >= 15 is 0 Å². The summed E-state index contributed by atoms with van der Waals surface area (Å²) in [5.41, 5.74) is 2.72. The molecule has 6 nitrogen and oxygen atoms in total. The van der Waals surface area contributed by atoms with Gasteiger partial charge in [0.1, 0.15) is 0 Å². The number of ether oxygens (including phenoxy) is 3. The van der Waals surface area contributed by atoms with Gasteiger partial charge >= 0.3 is 11.9 Å². The zero-order valence-electron chi connectivity index (χ0n) is 16.0. The zero-order valence-corrected chi connectivity index (χ0v) is 16.0. The Hall–Kier alpha value is -3.41. The maximum absolute atomic E-state index is 12.2. The highest BCUT2D eigenvalue weighted by Gasteiger charge is 2.24. The highest BCUT2D eigenvalue weighted by molar-refractivity contribution is 6.12. The summed E-state index contributed by atoms with van der Waals surface area (Å²) in [6.07, 6.45) is 1.87. The summed E-state index contributed by atoms with van der Waals surface area (Å²) in [6, 6.07) is 12.6. The molecule has 144 valence electrons. The SMILES string of the molecule is CCOc1cc(/C=C2\N=C(c3ccc(C)cc3)OC2=O)ccc1OC(=O)CC. The van der Waals surface area contributed by atoms with Crippen LogP contribution in [0.2, 0.25) is 0 Å². The molecular formula is C22H21NO5. The van der Waals surface area contributed by atoms with Gasteiger partial charge in [0.15, 0.2) is 17.2 Å². The van der Waals surface area contributed by atoms with Crippen LogP contribution in [0.25, 0.3) is 6.08 Å². The van der Waals surface area contributed by atoms with Gasteiger partial charge < -0.3 is 14.2 Å². The van der Waals surface area contributed by atoms with Crippen molar-refractivity contribution in [1.82, 2.24) is 0 Å². The maximum atomic E-state index is 12.2. The molecule has 0 saturated heterocycles. The molecule has 3 rings (SSSR count). The van der Waals surface area contributed by atoms with E-state index in [1.165, 1.54) is 0 Å². The second-order valence-corrected chi connectivity index (χ2v) is 6.17. The Morgan fingerprint density at radius 1 is 1.11 bits per heavy atom. The number of carbonyl (C=O) groups is 2. The largest absolute Gasteiger partial charge is 0.490 e. The topological polar surface area (TPSA) is 74.2 Å². The van der Waals surface area contributed by atoms with E-state index < -0.39 is 5.97 Å². The number of cyclic esters (lactones) is 1. The number of aliphatic imine (C=N–C) groups is 1. The van der Waals surface area contributed by atoms with E-state index in [-0.39, 0.29) is 24.0 Å². The summed E-state index contributed by atoms with van der Waals surface area (Å²) < 4.78 is 16.1. The monoisotopic (exact) mass is 379 g/mol. The van der Waals surface area contributed by atoms with Gasteiger partial charge in [-0.25, -0.2) is 9.79 Å². The minimum atomic E-state index is -0.518. The van der Waals surface area contributed by atoms with Crippen LogP contribution >= 0.6 is 0 Å². The van der Waals surface area contributed by atoms with Gasteiger partial charge in [0.05, 0.1) is 6.61 Å². The average Bonchev–Trinajstić information content (AvgIpc) is 3.05. The third-order valence-corrected chi connectivity index (χ3v) is 4.00. The Morgan fingerprint density at radius 2 is 1.86 bits per heavy atom. The summed E-state index contributed by atoms with van der Waals surface area (Å²) in [5, 5.41) is 0. The van der Waals surface area contributed by atoms with Crippen molar-refractivity contribution in [3.63, 3.8) is 0 Å². The van der Waals surface area contributed by atoms with Crippen molar-refractivity contribution in [3.05, 3.63) is 64.9 Å². The van der Waals surface area contributed by atoms with Crippen molar-refractivity contribution < 1.29 is 23.8 Å². The average molecular weight is 379 g/mol. The molecule has 0 bridgehead atoms. The van der Waals surface area contributed by atoms with Gasteiger partial charge in [-0.15, -0.1) is 0 Å². The second kappa shape index (κ2) is 8.52. The molecule has 0 aromatic heterocycles. The minimum Gasteiger partial charge on any atom is -0.490 e. The summed E-state index contributed by atoms with van der Waals surface area (Å²) in [5.74, 6) is 0.171. The highest BCUT2D eigenvalue weighted by atomic mass is 16.6. The molecule has 0 atom stereocenters. The third kappa shape index (κ3) is 4.46. The predicted octanol–water partition coefficient (Wildman–Crippen LogP) is 4.05. The Kier molecular flexibility index (Phi) is 5.89. The van der Waals surface area contributed by atoms with Crippen molar-refractivity contribution in [2.45, 2.75) is 27.2 Å². The molecule has 0 amide bonds. The maximum Gasteiger partial charge on any atom is 0.363 e. The van der Waals surface area contributed by atoms with Crippen LogP contribution in [0.3, 0.4) is 0 Å². The molecule has 1 heterocycles. The van der Waals surface area contributed by atoms with E-state index in [0.29, 0.717) is 23.7 Å². The van der Waals surface area contributed by atoms with Crippen LogP contribution in [-0.4, -0.2) is 24.4 Å². The molecule has 1 aliphatic heterocycles. The van der Waals surface area contributed by atoms with Crippen molar-refractivity contribution in [2.75, 3.05) is 6.61 Å². The van der Waals surface area contributed by atoms with E-state index in [1.54, 1.807) is 31.2 Å². The Morgan fingerprint density at radius 3 is 2.54 bits per heavy atom. The number of benzene rings is 2. The number of carbonyl (C=O) groups excluding carboxylic acids is 2. The lowest BCUT2D eigenvalue weighted by Gasteiger charge is -2.10. The molecule has 0 fully saturated rings. The normalized spacial score (nSPS) is 14.6. The fourth-order valence-electron chi connectivity index (χ4n) is 2.55. The Bertz CT molecular complexity index is 957. The third-order valence-electron chi connectivity index (χ3n) is 4.00. The first-order chi connectivity index (χ1) is 13.5. The van der Waals surface area contributed by atoms with Crippen LogP contribution in [0.1, 0.15) is 37.0 Å². The lowest BCUT2D eigenvalue weighted by atomic mass is 10.1. The van der Waals surface area contributed by atoms with Gasteiger partial charge in [-0.2, -0.15) is 0 Å². The summed E-state index contributed by atoms with van der Waals surface area (Å²) in [7, 11) is 0. The first-order valence-corrected chi connectivity index (χ1v) is 9.07. The molecular weight excluding hydrogens is 358 g/mol. The Labute approximate surface area is 163 Å². The van der Waals surface area contributed by atoms with Crippen molar-refractivity contribution >= 4 is 23.9 Å². The number of rotatable bonds is 6. The first kappa shape index (κ1) is 19.4. The smallest absolute Gasteiger partial charge is 0.363 e. The van der Waals surface area contributed by atoms with Gasteiger partial charge in [0, 0.05) is 12.0 Å². The molecule has 0 radical (unpaired) electrons. The zero-order chi connectivity index (χ0) is 20.1. The van der Waals surface area contributed by atoms with Gasteiger partial charge in [-0.05, 0) is 49.8 Å². The van der Waals surface area contributed by atoms with Crippen LogP contribution in [-0.2, 0) is 14.3 Å². The van der Waals surface area contributed by atoms with Gasteiger partial charge in [-0.1, -0.05) is 30.7 Å². The molecule has 0 unspecified atom stereocenters. The van der Waals surface area contributed by atoms with Crippen LogP contribution in [0.15, 0.2) is 53.2 Å². The molecule has 2 aromatic carbocycles. The predicted molar refractivity (Wildman–Crippen MR) is 105 cm³/mol. The van der Waals surface area contributed by atoms with E-state index in [9.17, 15) is 9.59 Å². The molecule has 2 aromatic rings. The van der Waals surface area contributed by atoms with Crippen LogP contribution in [0.5, 0.6) is 11.5 Å². The first-order valence-electron chi connectivity index (χ1n) is 9.07. The molecule has 0 N–H and O–H groups in total. The molecule has 0 saturated carbocycles. The minimum absolute atomic E-state index is 0.191. The summed E-state index contributed by atoms with van der Waals surface area (Å²) >= 11 is 0. The van der Waals surface area contributed by atoms with Gasteiger partial charge in [-0.3, -0.25) is 4.79 Å². The quantitative estimate of drug-likeness (QED) is 0.430. The molecule has 0 aliphatic carbocycles. The number of nitrogens with zero attached hydrogens (tertiary/aromatic N) is 1. The Balaban J connectivity index is 1.89. The summed E-state index contributed by atoms with van der Waals surface area (Å²) in [4.78, 5) is 28.1. The van der Waals surface area contributed by atoms with Crippen LogP contribution in [0, 0.1) is 6.92 Å². The van der Waals surface area contributed by atoms with E-state index in [0.717, 1.165) is 11.1 Å². The fourth-order valence-corrected chi connectivity index (χ4v) is 2.55. The van der Waals surface area contributed by atoms with Crippen LogP contribution < -0.4 is 9.47 Å². The van der Waals surface area contributed by atoms with E-state index in [4.69, 9.17) is 14.2 Å². The lowest BCUT2D eigenvalue weighted by Crippen LogP contribution is -2.07. The van der Waals surface area contributed by atoms with E-state index in [2.05, 4.69) is 4.99 Å². The molecule has 1 aliphatic rings. The fraction of sp³-hybridized carbons (Fsp3) is 0.227. The molecule has 6 heteroatoms. The van der Waals surface area contributed by atoms with Crippen LogP contribution in [0.4, 0.5) is 0 Å². The van der Waals surface area contributed by atoms with Crippen molar-refractivity contribution in [2.24, 2.45) is 4.99 Å². The van der Waals surface area contributed by atoms with Gasteiger partial charge in [0.25, 0.3) is 0 Å². The highest BCUT2D eigenvalue weighted by Crippen LogP contribution is 2.30. The summed E-state index contributed by atoms with van der Waals surface area (Å²) in [6.45, 7) is 5.95. The number of hydrogen-bond donors (Lipinski definition) is 0. The lowest BCUT2D eigenvalue weighted by molar-refractivity contribution is -0.134. The number of aryl methyl sites for hydroxylation is 1. The number of hydrogen-bond acceptors (Lipinski definition) is 6. The standard InChI is InChI=1S/C22H21NO5/c1-4-20(24)27-18-11-8-15(13-19(18)26-5-2)12-17-22(25)28-21(23-17)16-9-6-14(3)7-10-16/h6-13H,4-5H2,1-3H3/b17-12-. The van der Waals surface area contributed by atoms with Gasteiger partial charge in [0.2, 0.25) is 5.90 Å². The van der Waals surface area contributed by atoms with E-state index in [1.807, 2.05) is 38.1 Å². The van der Waals surface area contributed by atoms with Crippen molar-refractivity contribution in [1.29, 1.82) is 0 Å². The van der Waals surface area contributed by atoms with Crippen molar-refractivity contribution in [3.8, 4) is 11.5 Å².